The first-order valence-electron chi connectivity index (χ1n) is 10.8. The molecule has 0 saturated carbocycles. The molecular formula is C23H27N3O7. The normalized spacial score (nSPS) is 20.2. The quantitative estimate of drug-likeness (QED) is 0.239. The number of ether oxygens (including phenoxy) is 4. The minimum absolute atomic E-state index is 0.0275. The van der Waals surface area contributed by atoms with Crippen molar-refractivity contribution in [2.24, 2.45) is 0 Å². The molecule has 4 heterocycles. The van der Waals surface area contributed by atoms with E-state index in [1.54, 1.807) is 31.6 Å². The predicted octanol–water partition coefficient (Wildman–Crippen LogP) is 2.29. The molecule has 2 aliphatic heterocycles. The summed E-state index contributed by atoms with van der Waals surface area (Å²) < 4.78 is 21.8. The highest BCUT2D eigenvalue weighted by atomic mass is 16.7. The van der Waals surface area contributed by atoms with Crippen molar-refractivity contribution in [3.8, 4) is 0 Å². The van der Waals surface area contributed by atoms with Crippen LogP contribution in [0.15, 0.2) is 41.7 Å². The van der Waals surface area contributed by atoms with Crippen LogP contribution in [-0.4, -0.2) is 78.0 Å². The number of H-pyrrole nitrogens is 1. The highest BCUT2D eigenvalue weighted by molar-refractivity contribution is 6.26. The smallest absolute Gasteiger partial charge is 0.345 e. The number of carbonyl (C=O) groups is 2. The van der Waals surface area contributed by atoms with Crippen molar-refractivity contribution in [1.82, 2.24) is 14.9 Å². The van der Waals surface area contributed by atoms with E-state index in [2.05, 4.69) is 9.97 Å². The van der Waals surface area contributed by atoms with E-state index in [0.717, 1.165) is 24.6 Å². The van der Waals surface area contributed by atoms with E-state index < -0.39 is 11.8 Å². The lowest BCUT2D eigenvalue weighted by Crippen LogP contribution is -2.42. The Kier molecular flexibility index (Phi) is 7.38. The number of fused-ring (bicyclic) bond motifs is 1. The number of nitrogens with zero attached hydrogens (tertiary/aromatic N) is 2. The number of methoxy groups -OCH3 is 1. The van der Waals surface area contributed by atoms with Crippen molar-refractivity contribution in [3.05, 3.63) is 47.3 Å². The van der Waals surface area contributed by atoms with E-state index in [9.17, 15) is 14.7 Å². The topological polar surface area (TPSA) is 123 Å². The van der Waals surface area contributed by atoms with Crippen LogP contribution in [0.4, 0.5) is 0 Å². The van der Waals surface area contributed by atoms with Crippen LogP contribution in [0.25, 0.3) is 17.1 Å². The fourth-order valence-electron chi connectivity index (χ4n) is 4.03. The first kappa shape index (κ1) is 23.0. The average molecular weight is 457 g/mol. The van der Waals surface area contributed by atoms with Crippen molar-refractivity contribution in [1.29, 1.82) is 0 Å². The summed E-state index contributed by atoms with van der Waals surface area (Å²) in [5.41, 5.74) is 1.00. The number of carbonyl (C=O) groups excluding carboxylic acids is 1. The number of aromatic nitrogens is 2. The summed E-state index contributed by atoms with van der Waals surface area (Å²) in [5.74, 6) is -1.92. The monoisotopic (exact) mass is 457 g/mol. The van der Waals surface area contributed by atoms with E-state index in [4.69, 9.17) is 18.9 Å². The molecule has 2 aliphatic rings. The van der Waals surface area contributed by atoms with Crippen LogP contribution in [0.5, 0.6) is 0 Å². The second kappa shape index (κ2) is 10.6. The fourth-order valence-corrected chi connectivity index (χ4v) is 4.03. The molecule has 1 fully saturated rings. The molecular weight excluding hydrogens is 430 g/mol. The molecule has 0 radical (unpaired) electrons. The van der Waals surface area contributed by atoms with Gasteiger partial charge < -0.3 is 33.9 Å². The molecule has 1 atom stereocenters. The molecule has 2 aromatic heterocycles. The molecule has 1 unspecified atom stereocenters. The number of allylic oxidation sites excluding steroid dienone is 1. The van der Waals surface area contributed by atoms with Gasteiger partial charge in [-0.2, -0.15) is 0 Å². The van der Waals surface area contributed by atoms with Crippen molar-refractivity contribution in [3.63, 3.8) is 0 Å². The van der Waals surface area contributed by atoms with Crippen LogP contribution in [0.3, 0.4) is 0 Å². The summed E-state index contributed by atoms with van der Waals surface area (Å²) in [6.07, 6.45) is 7.56. The number of carboxylic acids is 1. The lowest BCUT2D eigenvalue weighted by molar-refractivity contribution is -0.134. The highest BCUT2D eigenvalue weighted by Gasteiger charge is 2.41. The Balaban J connectivity index is 1.53. The molecule has 1 saturated heterocycles. The number of hydrogen-bond acceptors (Lipinski definition) is 8. The third kappa shape index (κ3) is 5.08. The SMILES string of the molecule is COCCOCOCC1CCCCN1C1=C(C(=O)O)C(=O)/C(=C/c2c[nH]c3ncccc23)O1. The highest BCUT2D eigenvalue weighted by Crippen LogP contribution is 2.34. The van der Waals surface area contributed by atoms with Crippen LogP contribution in [0, 0.1) is 0 Å². The van der Waals surface area contributed by atoms with Gasteiger partial charge in [0.15, 0.2) is 11.3 Å². The van der Waals surface area contributed by atoms with Gasteiger partial charge in [0.05, 0.1) is 25.9 Å². The molecule has 2 N–H and O–H groups in total. The summed E-state index contributed by atoms with van der Waals surface area (Å²) in [4.78, 5) is 34.1. The molecule has 0 bridgehead atoms. The summed E-state index contributed by atoms with van der Waals surface area (Å²) in [6.45, 7) is 1.91. The van der Waals surface area contributed by atoms with Gasteiger partial charge in [0.25, 0.3) is 0 Å². The third-order valence-electron chi connectivity index (χ3n) is 5.65. The number of nitrogens with one attached hydrogen (secondary N) is 1. The Hall–Kier alpha value is -3.21. The number of piperidine rings is 1. The second-order valence-corrected chi connectivity index (χ2v) is 7.80. The third-order valence-corrected chi connectivity index (χ3v) is 5.65. The van der Waals surface area contributed by atoms with E-state index in [-0.39, 0.29) is 30.1 Å². The number of rotatable bonds is 10. The molecule has 33 heavy (non-hydrogen) atoms. The molecule has 0 aliphatic carbocycles. The Morgan fingerprint density at radius 3 is 3.06 bits per heavy atom. The van der Waals surface area contributed by atoms with Crippen LogP contribution in [-0.2, 0) is 28.5 Å². The fraction of sp³-hybridized carbons (Fsp3) is 0.435. The van der Waals surface area contributed by atoms with E-state index in [1.807, 2.05) is 11.0 Å². The molecule has 0 amide bonds. The summed E-state index contributed by atoms with van der Waals surface area (Å²) in [5, 5.41) is 10.6. The average Bonchev–Trinajstić information content (AvgIpc) is 3.38. The van der Waals surface area contributed by atoms with Crippen LogP contribution >= 0.6 is 0 Å². The van der Waals surface area contributed by atoms with E-state index in [0.29, 0.717) is 37.6 Å². The lowest BCUT2D eigenvalue weighted by atomic mass is 10.0. The minimum Gasteiger partial charge on any atom is -0.477 e. The standard InChI is InChI=1S/C23H27N3O7/c1-30-9-10-31-14-32-13-16-5-2-3-8-26(16)22-19(23(28)29)20(27)18(33-22)11-15-12-25-21-17(15)6-4-7-24-21/h4,6-7,11-12,16H,2-3,5,8-10,13-14H2,1H3,(H,24,25)(H,28,29)/b18-11-. The van der Waals surface area contributed by atoms with Crippen molar-refractivity contribution < 1.29 is 33.6 Å². The zero-order valence-corrected chi connectivity index (χ0v) is 18.4. The van der Waals surface area contributed by atoms with Crippen molar-refractivity contribution in [2.45, 2.75) is 25.3 Å². The summed E-state index contributed by atoms with van der Waals surface area (Å²) in [7, 11) is 1.60. The maximum absolute atomic E-state index is 13.0. The second-order valence-electron chi connectivity index (χ2n) is 7.80. The molecule has 2 aromatic rings. The van der Waals surface area contributed by atoms with E-state index >= 15 is 0 Å². The molecule has 10 heteroatoms. The van der Waals surface area contributed by atoms with Gasteiger partial charge in [0.2, 0.25) is 11.7 Å². The maximum Gasteiger partial charge on any atom is 0.345 e. The summed E-state index contributed by atoms with van der Waals surface area (Å²) in [6, 6.07) is 3.53. The maximum atomic E-state index is 13.0. The number of pyridine rings is 1. The predicted molar refractivity (Wildman–Crippen MR) is 118 cm³/mol. The van der Waals surface area contributed by atoms with Crippen LogP contribution < -0.4 is 0 Å². The lowest BCUT2D eigenvalue weighted by Gasteiger charge is -2.37. The first-order valence-corrected chi connectivity index (χ1v) is 10.8. The molecule has 0 aromatic carbocycles. The minimum atomic E-state index is -1.31. The Morgan fingerprint density at radius 1 is 1.36 bits per heavy atom. The largest absolute Gasteiger partial charge is 0.477 e. The van der Waals surface area contributed by atoms with Crippen LogP contribution in [0.2, 0.25) is 0 Å². The summed E-state index contributed by atoms with van der Waals surface area (Å²) >= 11 is 0. The zero-order chi connectivity index (χ0) is 23.2. The molecule has 10 nitrogen and oxygen atoms in total. The van der Waals surface area contributed by atoms with Gasteiger partial charge in [-0.3, -0.25) is 4.79 Å². The van der Waals surface area contributed by atoms with Gasteiger partial charge in [0, 0.05) is 37.0 Å². The number of ketones is 1. The van der Waals surface area contributed by atoms with Gasteiger partial charge in [-0.1, -0.05) is 0 Å². The number of Topliss-reactive ketones (excluding diaryl/α,β-unsaturated/α-hetero) is 1. The van der Waals surface area contributed by atoms with Crippen LogP contribution in [0.1, 0.15) is 24.8 Å². The Bertz CT molecular complexity index is 1070. The number of carboxylic acid groups (broad SMARTS) is 1. The Morgan fingerprint density at radius 2 is 2.24 bits per heavy atom. The molecule has 4 rings (SSSR count). The number of aliphatic carboxylic acids is 1. The number of aromatic amines is 1. The first-order chi connectivity index (χ1) is 16.1. The van der Waals surface area contributed by atoms with Crippen molar-refractivity contribution in [2.75, 3.05) is 40.3 Å². The zero-order valence-electron chi connectivity index (χ0n) is 18.4. The van der Waals surface area contributed by atoms with Gasteiger partial charge in [0.1, 0.15) is 12.4 Å². The number of hydrogen-bond donors (Lipinski definition) is 2. The van der Waals surface area contributed by atoms with Gasteiger partial charge in [-0.05, 0) is 37.5 Å². The van der Waals surface area contributed by atoms with Gasteiger partial charge in [-0.15, -0.1) is 0 Å². The van der Waals surface area contributed by atoms with E-state index in [1.165, 1.54) is 0 Å². The van der Waals surface area contributed by atoms with Gasteiger partial charge >= 0.3 is 5.97 Å². The molecule has 0 spiro atoms. The van der Waals surface area contributed by atoms with Gasteiger partial charge in [-0.25, -0.2) is 9.78 Å². The molecule has 176 valence electrons. The van der Waals surface area contributed by atoms with Crippen molar-refractivity contribution >= 4 is 28.9 Å². The number of likely N-dealkylation sites (tertiary alicyclic amines) is 1. The Labute approximate surface area is 190 Å².